The third-order valence-corrected chi connectivity index (χ3v) is 2.66. The zero-order valence-corrected chi connectivity index (χ0v) is 10.2. The smallest absolute Gasteiger partial charge is 0.0479 e. The van der Waals surface area contributed by atoms with E-state index in [2.05, 4.69) is 31.0 Å². The Hall–Kier alpha value is -1.11. The lowest BCUT2D eigenvalue weighted by Crippen LogP contribution is -2.05. The molecule has 0 fully saturated rings. The van der Waals surface area contributed by atoms with Crippen LogP contribution < -0.4 is 0 Å². The van der Waals surface area contributed by atoms with Crippen LogP contribution >= 0.6 is 0 Å². The third-order valence-electron chi connectivity index (χ3n) is 2.66. The van der Waals surface area contributed by atoms with Gasteiger partial charge in [0, 0.05) is 11.9 Å². The lowest BCUT2D eigenvalue weighted by atomic mass is 9.90. The van der Waals surface area contributed by atoms with E-state index in [1.54, 1.807) is 5.57 Å². The van der Waals surface area contributed by atoms with Crippen molar-refractivity contribution in [2.75, 3.05) is 0 Å². The van der Waals surface area contributed by atoms with E-state index >= 15 is 0 Å². The van der Waals surface area contributed by atoms with Crippen molar-refractivity contribution in [2.45, 2.75) is 40.5 Å². The summed E-state index contributed by atoms with van der Waals surface area (Å²) in [5.74, 6) is 0.674. The monoisotopic (exact) mass is 203 g/mol. The maximum absolute atomic E-state index is 4.37. The van der Waals surface area contributed by atoms with Gasteiger partial charge in [0.2, 0.25) is 0 Å². The number of allylic oxidation sites excluding steroid dienone is 1. The fourth-order valence-corrected chi connectivity index (χ4v) is 1.78. The molecule has 1 aromatic heterocycles. The molecule has 1 aliphatic carbocycles. The molecule has 1 heteroatoms. The summed E-state index contributed by atoms with van der Waals surface area (Å²) in [6.07, 6.45) is 6.48. The van der Waals surface area contributed by atoms with E-state index in [0.29, 0.717) is 5.92 Å². The fraction of sp³-hybridized carbons (Fsp3) is 0.500. The second-order valence-electron chi connectivity index (χ2n) is 3.91. The van der Waals surface area contributed by atoms with E-state index in [4.69, 9.17) is 0 Å². The van der Waals surface area contributed by atoms with Gasteiger partial charge in [0.05, 0.1) is 0 Å². The third kappa shape index (κ3) is 2.92. The zero-order valence-electron chi connectivity index (χ0n) is 10.2. The highest BCUT2D eigenvalue weighted by Crippen LogP contribution is 2.26. The second kappa shape index (κ2) is 5.69. The van der Waals surface area contributed by atoms with Crippen LogP contribution in [0.15, 0.2) is 23.9 Å². The van der Waals surface area contributed by atoms with E-state index in [9.17, 15) is 0 Å². The average molecular weight is 203 g/mol. The molecule has 1 heterocycles. The maximum Gasteiger partial charge on any atom is 0.0479 e. The molecule has 15 heavy (non-hydrogen) atoms. The average Bonchev–Trinajstić information content (AvgIpc) is 2.31. The fourth-order valence-electron chi connectivity index (χ4n) is 1.78. The molecule has 0 saturated heterocycles. The van der Waals surface area contributed by atoms with Crippen molar-refractivity contribution in [3.8, 4) is 0 Å². The first kappa shape index (κ1) is 12.0. The summed E-state index contributed by atoms with van der Waals surface area (Å²) in [6, 6.07) is 4.17. The Labute approximate surface area is 93.2 Å². The summed E-state index contributed by atoms with van der Waals surface area (Å²) in [5, 5.41) is 0. The van der Waals surface area contributed by atoms with Gasteiger partial charge in [-0.1, -0.05) is 45.4 Å². The molecule has 0 atom stereocenters. The quantitative estimate of drug-likeness (QED) is 0.670. The summed E-state index contributed by atoms with van der Waals surface area (Å²) in [7, 11) is 0. The molecule has 0 saturated carbocycles. The Bertz CT molecular complexity index is 337. The van der Waals surface area contributed by atoms with Crippen LogP contribution in [0.4, 0.5) is 0 Å². The first-order chi connectivity index (χ1) is 7.27. The van der Waals surface area contributed by atoms with Crippen LogP contribution in [0.2, 0.25) is 0 Å². The number of aromatic nitrogens is 1. The van der Waals surface area contributed by atoms with Crippen LogP contribution in [0, 0.1) is 5.92 Å². The van der Waals surface area contributed by atoms with Crippen molar-refractivity contribution in [1.82, 2.24) is 4.98 Å². The molecule has 0 N–H and O–H groups in total. The Kier molecular flexibility index (Phi) is 4.54. The zero-order chi connectivity index (χ0) is 11.3. The largest absolute Gasteiger partial charge is 0.261 e. The summed E-state index contributed by atoms with van der Waals surface area (Å²) in [4.78, 5) is 4.37. The van der Waals surface area contributed by atoms with Gasteiger partial charge in [-0.2, -0.15) is 0 Å². The predicted octanol–water partition coefficient (Wildman–Crippen LogP) is 4.09. The van der Waals surface area contributed by atoms with Crippen molar-refractivity contribution >= 4 is 6.08 Å². The number of nitrogens with zero attached hydrogens (tertiary/aromatic N) is 1. The van der Waals surface area contributed by atoms with Crippen molar-refractivity contribution in [3.63, 3.8) is 0 Å². The topological polar surface area (TPSA) is 12.9 Å². The summed E-state index contributed by atoms with van der Waals surface area (Å²) >= 11 is 0. The molecular weight excluding hydrogens is 182 g/mol. The molecule has 2 rings (SSSR count). The van der Waals surface area contributed by atoms with Crippen molar-refractivity contribution in [1.29, 1.82) is 0 Å². The van der Waals surface area contributed by atoms with Crippen molar-refractivity contribution in [2.24, 2.45) is 5.92 Å². The van der Waals surface area contributed by atoms with Gasteiger partial charge in [-0.15, -0.1) is 0 Å². The van der Waals surface area contributed by atoms with Gasteiger partial charge in [-0.3, -0.25) is 4.98 Å². The summed E-state index contributed by atoms with van der Waals surface area (Å²) in [5.41, 5.74) is 4.13. The Balaban J connectivity index is 0.000000531. The predicted molar refractivity (Wildman–Crippen MR) is 66.7 cm³/mol. The van der Waals surface area contributed by atoms with Gasteiger partial charge < -0.3 is 0 Å². The van der Waals surface area contributed by atoms with Crippen LogP contribution in [0.3, 0.4) is 0 Å². The molecule has 82 valence electrons. The minimum absolute atomic E-state index is 0.674. The Morgan fingerprint density at radius 3 is 2.60 bits per heavy atom. The number of fused-ring (bicyclic) bond motifs is 1. The molecule has 0 spiro atoms. The molecule has 0 unspecified atom stereocenters. The molecule has 0 aromatic carbocycles. The molecule has 0 radical (unpaired) electrons. The highest BCUT2D eigenvalue weighted by Gasteiger charge is 2.12. The molecule has 0 amide bonds. The minimum atomic E-state index is 0.674. The Morgan fingerprint density at radius 2 is 1.93 bits per heavy atom. The molecule has 1 aliphatic rings. The molecule has 1 aromatic rings. The van der Waals surface area contributed by atoms with Gasteiger partial charge in [-0.05, 0) is 30.4 Å². The number of aryl methyl sites for hydroxylation is 1. The molecule has 1 nitrogen and oxygen atoms in total. The summed E-state index contributed by atoms with van der Waals surface area (Å²) < 4.78 is 0. The van der Waals surface area contributed by atoms with Crippen molar-refractivity contribution in [3.05, 3.63) is 35.2 Å². The number of rotatable bonds is 1. The first-order valence-corrected chi connectivity index (χ1v) is 5.91. The SMILES string of the molecule is CC.CC(C)C1=Cc2cccnc2CC1. The van der Waals surface area contributed by atoms with Gasteiger partial charge in [0.25, 0.3) is 0 Å². The molecule has 0 aliphatic heterocycles. The molecule has 0 bridgehead atoms. The number of hydrogen-bond donors (Lipinski definition) is 0. The van der Waals surface area contributed by atoms with Gasteiger partial charge in [-0.25, -0.2) is 0 Å². The van der Waals surface area contributed by atoms with Gasteiger partial charge in [0.1, 0.15) is 0 Å². The van der Waals surface area contributed by atoms with Crippen LogP contribution in [0.1, 0.15) is 45.4 Å². The maximum atomic E-state index is 4.37. The minimum Gasteiger partial charge on any atom is -0.261 e. The second-order valence-corrected chi connectivity index (χ2v) is 3.91. The van der Waals surface area contributed by atoms with Crippen LogP contribution in [-0.2, 0) is 6.42 Å². The van der Waals surface area contributed by atoms with E-state index in [-0.39, 0.29) is 0 Å². The first-order valence-electron chi connectivity index (χ1n) is 5.91. The molecular formula is C14H21N. The Morgan fingerprint density at radius 1 is 1.20 bits per heavy atom. The van der Waals surface area contributed by atoms with E-state index in [0.717, 1.165) is 6.42 Å². The van der Waals surface area contributed by atoms with E-state index in [1.807, 2.05) is 26.1 Å². The lowest BCUT2D eigenvalue weighted by Gasteiger charge is -2.17. The van der Waals surface area contributed by atoms with Crippen molar-refractivity contribution < 1.29 is 0 Å². The highest BCUT2D eigenvalue weighted by molar-refractivity contribution is 5.57. The normalized spacial score (nSPS) is 13.8. The van der Waals surface area contributed by atoms with Crippen LogP contribution in [0.5, 0.6) is 0 Å². The number of pyridine rings is 1. The van der Waals surface area contributed by atoms with Gasteiger partial charge in [0.15, 0.2) is 0 Å². The standard InChI is InChI=1S/C12H15N.C2H6/c1-9(2)10-5-6-12-11(8-10)4-3-7-13-12;1-2/h3-4,7-9H,5-6H2,1-2H3;1-2H3. The van der Waals surface area contributed by atoms with E-state index in [1.165, 1.54) is 17.7 Å². The van der Waals surface area contributed by atoms with Crippen LogP contribution in [0.25, 0.3) is 6.08 Å². The summed E-state index contributed by atoms with van der Waals surface area (Å²) in [6.45, 7) is 8.51. The number of hydrogen-bond acceptors (Lipinski definition) is 1. The van der Waals surface area contributed by atoms with Gasteiger partial charge >= 0.3 is 0 Å². The van der Waals surface area contributed by atoms with Crippen LogP contribution in [-0.4, -0.2) is 4.98 Å². The highest BCUT2D eigenvalue weighted by atomic mass is 14.7. The lowest BCUT2D eigenvalue weighted by molar-refractivity contribution is 0.703. The van der Waals surface area contributed by atoms with E-state index < -0.39 is 0 Å².